The zero-order valence-electron chi connectivity index (χ0n) is 11.9. The van der Waals surface area contributed by atoms with Gasteiger partial charge in [0, 0.05) is 31.2 Å². The van der Waals surface area contributed by atoms with Gasteiger partial charge in [0.25, 0.3) is 0 Å². The van der Waals surface area contributed by atoms with Crippen molar-refractivity contribution in [1.29, 1.82) is 0 Å². The minimum Gasteiger partial charge on any atom is -0.381 e. The third-order valence-corrected chi connectivity index (χ3v) is 4.67. The molecule has 0 aromatic heterocycles. The van der Waals surface area contributed by atoms with Gasteiger partial charge in [-0.2, -0.15) is 0 Å². The first-order valence-corrected chi connectivity index (χ1v) is 8.10. The summed E-state index contributed by atoms with van der Waals surface area (Å²) in [6.45, 7) is 2.61. The van der Waals surface area contributed by atoms with Crippen LogP contribution in [0.4, 0.5) is 0 Å². The number of carbonyl (C=O) groups is 1. The van der Waals surface area contributed by atoms with Crippen molar-refractivity contribution in [1.82, 2.24) is 5.32 Å². The molecule has 1 saturated heterocycles. The molecule has 1 aliphatic heterocycles. The van der Waals surface area contributed by atoms with Crippen LogP contribution in [0.3, 0.4) is 0 Å². The smallest absolute Gasteiger partial charge is 0.225 e. The van der Waals surface area contributed by atoms with Gasteiger partial charge in [0.05, 0.1) is 5.41 Å². The molecule has 0 bridgehead atoms. The second-order valence-corrected chi connectivity index (χ2v) is 6.09. The van der Waals surface area contributed by atoms with Crippen molar-refractivity contribution in [2.75, 3.05) is 26.0 Å². The van der Waals surface area contributed by atoms with Crippen molar-refractivity contribution < 1.29 is 9.53 Å². The van der Waals surface area contributed by atoms with Gasteiger partial charge in [0.1, 0.15) is 0 Å². The molecule has 1 amide bonds. The highest BCUT2D eigenvalue weighted by Gasteiger charge is 2.37. The number of carbonyl (C=O) groups excluding carboxylic acids is 1. The molecule has 0 unspecified atom stereocenters. The maximum absolute atomic E-state index is 11.7. The summed E-state index contributed by atoms with van der Waals surface area (Å²) >= 11 is 1.73. The molecule has 0 spiro atoms. The minimum absolute atomic E-state index is 0.217. The first-order chi connectivity index (χ1) is 9.66. The van der Waals surface area contributed by atoms with E-state index in [4.69, 9.17) is 10.5 Å². The van der Waals surface area contributed by atoms with Gasteiger partial charge in [-0.3, -0.25) is 4.79 Å². The summed E-state index contributed by atoms with van der Waals surface area (Å²) < 4.78 is 5.33. The normalized spacial score (nSPS) is 17.9. The summed E-state index contributed by atoms with van der Waals surface area (Å²) in [5.41, 5.74) is 6.35. The number of hydrogen-bond donors (Lipinski definition) is 2. The van der Waals surface area contributed by atoms with E-state index in [9.17, 15) is 4.79 Å². The molecule has 20 heavy (non-hydrogen) atoms. The number of thioether (sulfide) groups is 1. The van der Waals surface area contributed by atoms with E-state index in [2.05, 4.69) is 35.8 Å². The molecule has 0 aliphatic carbocycles. The third kappa shape index (κ3) is 3.75. The van der Waals surface area contributed by atoms with E-state index in [-0.39, 0.29) is 5.91 Å². The second-order valence-electron chi connectivity index (χ2n) is 5.21. The lowest BCUT2D eigenvalue weighted by molar-refractivity contribution is -0.132. The van der Waals surface area contributed by atoms with Crippen LogP contribution in [-0.4, -0.2) is 31.9 Å². The molecule has 3 N–H and O–H groups in total. The molecule has 1 heterocycles. The SMILES string of the molecule is CSc1ccc(CNCC2(C(N)=O)CCOCC2)cc1. The maximum atomic E-state index is 11.7. The fourth-order valence-corrected chi connectivity index (χ4v) is 2.87. The zero-order chi connectivity index (χ0) is 14.4. The molecule has 0 atom stereocenters. The number of nitrogens with two attached hydrogens (primary N) is 1. The molecular formula is C15H22N2O2S. The van der Waals surface area contributed by atoms with Crippen LogP contribution in [0.2, 0.25) is 0 Å². The summed E-state index contributed by atoms with van der Waals surface area (Å²) in [7, 11) is 0. The molecule has 1 aliphatic rings. The van der Waals surface area contributed by atoms with E-state index >= 15 is 0 Å². The average molecular weight is 294 g/mol. The van der Waals surface area contributed by atoms with Crippen LogP contribution in [0.1, 0.15) is 18.4 Å². The van der Waals surface area contributed by atoms with Crippen molar-refractivity contribution in [2.45, 2.75) is 24.3 Å². The predicted octanol–water partition coefficient (Wildman–Crippen LogP) is 1.78. The van der Waals surface area contributed by atoms with E-state index in [0.717, 1.165) is 6.54 Å². The van der Waals surface area contributed by atoms with Gasteiger partial charge in [-0.05, 0) is 36.8 Å². The Kier molecular flexibility index (Phi) is 5.46. The van der Waals surface area contributed by atoms with Gasteiger partial charge in [-0.1, -0.05) is 12.1 Å². The summed E-state index contributed by atoms with van der Waals surface area (Å²) in [6, 6.07) is 8.44. The fourth-order valence-electron chi connectivity index (χ4n) is 2.46. The van der Waals surface area contributed by atoms with Crippen LogP contribution in [0.5, 0.6) is 0 Å². The minimum atomic E-state index is -0.447. The molecule has 2 rings (SSSR count). The van der Waals surface area contributed by atoms with Gasteiger partial charge in [0.15, 0.2) is 0 Å². The average Bonchev–Trinajstić information content (AvgIpc) is 2.49. The summed E-state index contributed by atoms with van der Waals surface area (Å²) in [5.74, 6) is -0.217. The molecule has 1 aromatic carbocycles. The van der Waals surface area contributed by atoms with E-state index in [1.165, 1.54) is 10.5 Å². The van der Waals surface area contributed by atoms with E-state index in [1.54, 1.807) is 11.8 Å². The summed E-state index contributed by atoms with van der Waals surface area (Å²) in [6.07, 6.45) is 3.48. The van der Waals surface area contributed by atoms with Gasteiger partial charge in [-0.25, -0.2) is 0 Å². The number of benzene rings is 1. The second kappa shape index (κ2) is 7.11. The zero-order valence-corrected chi connectivity index (χ0v) is 12.7. The number of rotatable bonds is 6. The number of ether oxygens (including phenoxy) is 1. The molecule has 0 saturated carbocycles. The topological polar surface area (TPSA) is 64.3 Å². The molecule has 0 radical (unpaired) electrons. The Hall–Kier alpha value is -1.04. The fraction of sp³-hybridized carbons (Fsp3) is 0.533. The lowest BCUT2D eigenvalue weighted by Crippen LogP contribution is -2.48. The maximum Gasteiger partial charge on any atom is 0.225 e. The number of nitrogens with one attached hydrogen (secondary N) is 1. The molecule has 4 nitrogen and oxygen atoms in total. The van der Waals surface area contributed by atoms with Crippen molar-refractivity contribution in [3.05, 3.63) is 29.8 Å². The third-order valence-electron chi connectivity index (χ3n) is 3.92. The lowest BCUT2D eigenvalue weighted by atomic mass is 9.79. The quantitative estimate of drug-likeness (QED) is 0.785. The summed E-state index contributed by atoms with van der Waals surface area (Å²) in [5, 5.41) is 3.37. The van der Waals surface area contributed by atoms with Crippen LogP contribution in [0, 0.1) is 5.41 Å². The van der Waals surface area contributed by atoms with Crippen LogP contribution in [-0.2, 0) is 16.1 Å². The highest BCUT2D eigenvalue weighted by molar-refractivity contribution is 7.98. The van der Waals surface area contributed by atoms with Gasteiger partial charge >= 0.3 is 0 Å². The Labute approximate surface area is 124 Å². The monoisotopic (exact) mass is 294 g/mol. The standard InChI is InChI=1S/C15H22N2O2S/c1-20-13-4-2-12(3-5-13)10-17-11-15(14(16)18)6-8-19-9-7-15/h2-5,17H,6-11H2,1H3,(H2,16,18). The molecule has 1 aromatic rings. The number of primary amides is 1. The highest BCUT2D eigenvalue weighted by atomic mass is 32.2. The van der Waals surface area contributed by atoms with Crippen LogP contribution in [0.25, 0.3) is 0 Å². The molecule has 5 heteroatoms. The Morgan fingerprint density at radius 1 is 1.35 bits per heavy atom. The Balaban J connectivity index is 1.88. The number of hydrogen-bond acceptors (Lipinski definition) is 4. The number of amides is 1. The lowest BCUT2D eigenvalue weighted by Gasteiger charge is -2.34. The molecule has 1 fully saturated rings. The molecule has 110 valence electrons. The predicted molar refractivity (Wildman–Crippen MR) is 81.6 cm³/mol. The Morgan fingerprint density at radius 2 is 2.00 bits per heavy atom. The van der Waals surface area contributed by atoms with E-state index in [1.807, 2.05) is 0 Å². The van der Waals surface area contributed by atoms with Crippen LogP contribution < -0.4 is 11.1 Å². The van der Waals surface area contributed by atoms with Crippen LogP contribution >= 0.6 is 11.8 Å². The summed E-state index contributed by atoms with van der Waals surface area (Å²) in [4.78, 5) is 13.0. The van der Waals surface area contributed by atoms with Crippen molar-refractivity contribution in [3.63, 3.8) is 0 Å². The van der Waals surface area contributed by atoms with E-state index in [0.29, 0.717) is 32.6 Å². The Morgan fingerprint density at radius 3 is 2.55 bits per heavy atom. The largest absolute Gasteiger partial charge is 0.381 e. The van der Waals surface area contributed by atoms with Gasteiger partial charge in [0.2, 0.25) is 5.91 Å². The van der Waals surface area contributed by atoms with Gasteiger partial charge < -0.3 is 15.8 Å². The van der Waals surface area contributed by atoms with Crippen molar-refractivity contribution in [3.8, 4) is 0 Å². The molecular weight excluding hydrogens is 272 g/mol. The first kappa shape index (κ1) is 15.4. The highest BCUT2D eigenvalue weighted by Crippen LogP contribution is 2.29. The van der Waals surface area contributed by atoms with Crippen molar-refractivity contribution >= 4 is 17.7 Å². The van der Waals surface area contributed by atoms with Gasteiger partial charge in [-0.15, -0.1) is 11.8 Å². The van der Waals surface area contributed by atoms with E-state index < -0.39 is 5.41 Å². The Bertz CT molecular complexity index is 442. The van der Waals surface area contributed by atoms with Crippen molar-refractivity contribution in [2.24, 2.45) is 11.1 Å². The first-order valence-electron chi connectivity index (χ1n) is 6.88. The van der Waals surface area contributed by atoms with Crippen LogP contribution in [0.15, 0.2) is 29.2 Å².